The van der Waals surface area contributed by atoms with Crippen LogP contribution in [-0.2, 0) is 30.6 Å². The van der Waals surface area contributed by atoms with Gasteiger partial charge in [-0.2, -0.15) is 0 Å². The number of ether oxygens (including phenoxy) is 1. The van der Waals surface area contributed by atoms with Crippen LogP contribution >= 0.6 is 0 Å². The van der Waals surface area contributed by atoms with E-state index in [4.69, 9.17) is 4.74 Å². The fraction of sp³-hybridized carbons (Fsp3) is 0.346. The van der Waals surface area contributed by atoms with E-state index in [0.29, 0.717) is 32.1 Å². The first-order chi connectivity index (χ1) is 15.0. The number of carbonyl (C=O) groups is 2. The van der Waals surface area contributed by atoms with Gasteiger partial charge in [-0.1, -0.05) is 35.9 Å². The van der Waals surface area contributed by atoms with E-state index < -0.39 is 0 Å². The largest absolute Gasteiger partial charge is 0.497 e. The molecule has 5 heteroatoms. The van der Waals surface area contributed by atoms with Gasteiger partial charge in [0.15, 0.2) is 5.78 Å². The first kappa shape index (κ1) is 22.5. The second-order valence-corrected chi connectivity index (χ2v) is 7.77. The number of nitrogens with zero attached hydrogens (tertiary/aromatic N) is 2. The topological polar surface area (TPSA) is 61.2 Å². The van der Waals surface area contributed by atoms with Gasteiger partial charge in [-0.25, -0.2) is 4.98 Å². The molecule has 31 heavy (non-hydrogen) atoms. The molecule has 0 atom stereocenters. The zero-order valence-corrected chi connectivity index (χ0v) is 18.6. The summed E-state index contributed by atoms with van der Waals surface area (Å²) < 4.78 is 7.35. The minimum atomic E-state index is 0.141. The molecule has 0 radical (unpaired) electrons. The van der Waals surface area contributed by atoms with Crippen LogP contribution in [0.3, 0.4) is 0 Å². The number of hydrogen-bond donors (Lipinski definition) is 0. The van der Waals surface area contributed by atoms with Crippen LogP contribution < -0.4 is 4.74 Å². The molecule has 0 bridgehead atoms. The van der Waals surface area contributed by atoms with Crippen molar-refractivity contribution in [2.75, 3.05) is 7.11 Å². The summed E-state index contributed by atoms with van der Waals surface area (Å²) in [5, 5.41) is 0. The molecule has 0 saturated carbocycles. The Morgan fingerprint density at radius 2 is 1.84 bits per heavy atom. The van der Waals surface area contributed by atoms with Crippen LogP contribution in [0.1, 0.15) is 52.8 Å². The SMILES string of the molecule is CCn1c(CCC(=O)c2cccc(C)c2)cnc1CCC(=O)Cc1cccc(OC)c1. The highest BCUT2D eigenvalue weighted by atomic mass is 16.5. The first-order valence-electron chi connectivity index (χ1n) is 10.8. The van der Waals surface area contributed by atoms with E-state index >= 15 is 0 Å². The van der Waals surface area contributed by atoms with E-state index in [1.165, 1.54) is 0 Å². The monoisotopic (exact) mass is 418 g/mol. The van der Waals surface area contributed by atoms with Gasteiger partial charge in [0.2, 0.25) is 0 Å². The molecule has 2 aromatic carbocycles. The second-order valence-electron chi connectivity index (χ2n) is 7.77. The maximum atomic E-state index is 12.5. The maximum Gasteiger partial charge on any atom is 0.163 e. The molecule has 162 valence electrons. The average molecular weight is 419 g/mol. The quantitative estimate of drug-likeness (QED) is 0.421. The highest BCUT2D eigenvalue weighted by molar-refractivity contribution is 5.96. The Bertz CT molecular complexity index is 1050. The van der Waals surface area contributed by atoms with Gasteiger partial charge in [0.25, 0.3) is 0 Å². The van der Waals surface area contributed by atoms with Crippen molar-refractivity contribution in [3.63, 3.8) is 0 Å². The Kier molecular flexibility index (Phi) is 7.76. The molecule has 0 spiro atoms. The Morgan fingerprint density at radius 3 is 2.58 bits per heavy atom. The summed E-state index contributed by atoms with van der Waals surface area (Å²) in [4.78, 5) is 29.5. The molecular weight excluding hydrogens is 388 g/mol. The minimum absolute atomic E-state index is 0.141. The molecule has 1 heterocycles. The number of hydrogen-bond acceptors (Lipinski definition) is 4. The molecule has 0 aliphatic rings. The summed E-state index contributed by atoms with van der Waals surface area (Å²) in [5.74, 6) is 1.98. The highest BCUT2D eigenvalue weighted by Gasteiger charge is 2.13. The second kappa shape index (κ2) is 10.7. The van der Waals surface area contributed by atoms with Crippen LogP contribution in [0.25, 0.3) is 0 Å². The lowest BCUT2D eigenvalue weighted by Gasteiger charge is -2.10. The lowest BCUT2D eigenvalue weighted by Crippen LogP contribution is -2.11. The molecule has 0 aliphatic carbocycles. The zero-order chi connectivity index (χ0) is 22.2. The van der Waals surface area contributed by atoms with E-state index in [0.717, 1.165) is 40.5 Å². The molecule has 3 rings (SSSR count). The fourth-order valence-corrected chi connectivity index (χ4v) is 3.79. The number of aromatic nitrogens is 2. The van der Waals surface area contributed by atoms with Gasteiger partial charge < -0.3 is 9.30 Å². The van der Waals surface area contributed by atoms with Gasteiger partial charge in [0, 0.05) is 49.7 Å². The Morgan fingerprint density at radius 1 is 1.03 bits per heavy atom. The predicted octanol–water partition coefficient (Wildman–Crippen LogP) is 4.78. The summed E-state index contributed by atoms with van der Waals surface area (Å²) >= 11 is 0. The van der Waals surface area contributed by atoms with Crippen molar-refractivity contribution in [3.05, 3.63) is 82.9 Å². The van der Waals surface area contributed by atoms with Crippen LogP contribution in [-0.4, -0.2) is 28.2 Å². The smallest absolute Gasteiger partial charge is 0.163 e. The van der Waals surface area contributed by atoms with Gasteiger partial charge in [-0.3, -0.25) is 9.59 Å². The van der Waals surface area contributed by atoms with Crippen LogP contribution in [0.15, 0.2) is 54.7 Å². The Balaban J connectivity index is 1.56. The normalized spacial score (nSPS) is 10.8. The molecule has 0 fully saturated rings. The lowest BCUT2D eigenvalue weighted by molar-refractivity contribution is -0.118. The number of ketones is 2. The number of methoxy groups -OCH3 is 1. The summed E-state index contributed by atoms with van der Waals surface area (Å²) in [7, 11) is 1.62. The fourth-order valence-electron chi connectivity index (χ4n) is 3.79. The number of carbonyl (C=O) groups excluding carboxylic acids is 2. The average Bonchev–Trinajstić information content (AvgIpc) is 3.18. The van der Waals surface area contributed by atoms with Crippen LogP contribution in [0.2, 0.25) is 0 Å². The standard InChI is InChI=1S/C26H30N2O3/c1-4-28-22(11-13-25(30)21-9-5-7-19(2)15-21)18-27-26(28)14-12-23(29)16-20-8-6-10-24(17-20)31-3/h5-10,15,17-18H,4,11-14,16H2,1-3H3. The number of imidazole rings is 1. The van der Waals surface area contributed by atoms with Crippen LogP contribution in [0, 0.1) is 6.92 Å². The van der Waals surface area contributed by atoms with E-state index in [2.05, 4.69) is 16.5 Å². The number of rotatable bonds is 11. The lowest BCUT2D eigenvalue weighted by atomic mass is 10.0. The number of aryl methyl sites for hydroxylation is 3. The third-order valence-electron chi connectivity index (χ3n) is 5.45. The molecule has 0 aliphatic heterocycles. The minimum Gasteiger partial charge on any atom is -0.497 e. The van der Waals surface area contributed by atoms with E-state index in [1.807, 2.05) is 61.7 Å². The van der Waals surface area contributed by atoms with Crippen molar-refractivity contribution < 1.29 is 14.3 Å². The third kappa shape index (κ3) is 6.14. The molecular formula is C26H30N2O3. The van der Waals surface area contributed by atoms with Crippen molar-refractivity contribution >= 4 is 11.6 Å². The predicted molar refractivity (Wildman–Crippen MR) is 122 cm³/mol. The zero-order valence-electron chi connectivity index (χ0n) is 18.6. The van der Waals surface area contributed by atoms with Crippen molar-refractivity contribution in [2.24, 2.45) is 0 Å². The molecule has 0 saturated heterocycles. The Labute approximate surface area is 184 Å². The summed E-state index contributed by atoms with van der Waals surface area (Å²) in [6.45, 7) is 4.83. The molecule has 0 unspecified atom stereocenters. The van der Waals surface area contributed by atoms with Crippen LogP contribution in [0.4, 0.5) is 0 Å². The van der Waals surface area contributed by atoms with Gasteiger partial charge in [0.05, 0.1) is 7.11 Å². The van der Waals surface area contributed by atoms with E-state index in [9.17, 15) is 9.59 Å². The van der Waals surface area contributed by atoms with E-state index in [1.54, 1.807) is 7.11 Å². The molecule has 3 aromatic rings. The summed E-state index contributed by atoms with van der Waals surface area (Å²) in [5.41, 5.74) is 3.84. The molecule has 1 aromatic heterocycles. The van der Waals surface area contributed by atoms with Crippen molar-refractivity contribution in [1.29, 1.82) is 0 Å². The molecule has 0 N–H and O–H groups in total. The third-order valence-corrected chi connectivity index (χ3v) is 5.45. The van der Waals surface area contributed by atoms with Crippen molar-refractivity contribution in [1.82, 2.24) is 9.55 Å². The number of Topliss-reactive ketones (excluding diaryl/α,β-unsaturated/α-hetero) is 2. The highest BCUT2D eigenvalue weighted by Crippen LogP contribution is 2.16. The summed E-state index contributed by atoms with van der Waals surface area (Å²) in [6, 6.07) is 15.3. The van der Waals surface area contributed by atoms with Gasteiger partial charge in [-0.15, -0.1) is 0 Å². The molecule has 0 amide bonds. The van der Waals surface area contributed by atoms with Gasteiger partial charge in [0.1, 0.15) is 17.4 Å². The maximum absolute atomic E-state index is 12.5. The number of benzene rings is 2. The van der Waals surface area contributed by atoms with Crippen LogP contribution in [0.5, 0.6) is 5.75 Å². The van der Waals surface area contributed by atoms with Gasteiger partial charge in [-0.05, 0) is 44.0 Å². The first-order valence-corrected chi connectivity index (χ1v) is 10.8. The summed E-state index contributed by atoms with van der Waals surface area (Å²) in [6.07, 6.45) is 4.36. The van der Waals surface area contributed by atoms with Crippen molar-refractivity contribution in [2.45, 2.75) is 52.5 Å². The van der Waals surface area contributed by atoms with E-state index in [-0.39, 0.29) is 11.6 Å². The Hall–Kier alpha value is -3.21. The van der Waals surface area contributed by atoms with Gasteiger partial charge >= 0.3 is 0 Å². The molecule has 5 nitrogen and oxygen atoms in total. The van der Waals surface area contributed by atoms with Crippen molar-refractivity contribution in [3.8, 4) is 5.75 Å².